The van der Waals surface area contributed by atoms with Crippen LogP contribution in [0.5, 0.6) is 11.5 Å². The van der Waals surface area contributed by atoms with Gasteiger partial charge < -0.3 is 14.2 Å². The molecule has 0 atom stereocenters. The summed E-state index contributed by atoms with van der Waals surface area (Å²) in [4.78, 5) is 12.2. The van der Waals surface area contributed by atoms with Gasteiger partial charge in [0, 0.05) is 0 Å². The Hall–Kier alpha value is -2.49. The Labute approximate surface area is 200 Å². The monoisotopic (exact) mass is 454 g/mol. The summed E-state index contributed by atoms with van der Waals surface area (Å²) in [5.41, 5.74) is 0.557. The van der Waals surface area contributed by atoms with Crippen molar-refractivity contribution < 1.29 is 19.0 Å². The molecule has 2 aromatic rings. The van der Waals surface area contributed by atoms with Gasteiger partial charge in [-0.05, 0) is 42.8 Å². The number of rotatable bonds is 19. The molecule has 0 aliphatic carbocycles. The molecule has 0 aromatic heterocycles. The van der Waals surface area contributed by atoms with Gasteiger partial charge in [-0.1, -0.05) is 95.8 Å². The van der Waals surface area contributed by atoms with Crippen LogP contribution in [0.4, 0.5) is 0 Å². The number of para-hydroxylation sites is 1. The lowest BCUT2D eigenvalue weighted by molar-refractivity contribution is 0.0497. The molecule has 0 bridgehead atoms. The molecule has 182 valence electrons. The molecular weight excluding hydrogens is 412 g/mol. The molecule has 0 spiro atoms. The predicted molar refractivity (Wildman–Crippen MR) is 135 cm³/mol. The predicted octanol–water partition coefficient (Wildman–Crippen LogP) is 8.00. The molecule has 33 heavy (non-hydrogen) atoms. The fourth-order valence-electron chi connectivity index (χ4n) is 3.71. The third kappa shape index (κ3) is 13.0. The van der Waals surface area contributed by atoms with Gasteiger partial charge >= 0.3 is 5.97 Å². The van der Waals surface area contributed by atoms with Crippen LogP contribution in [-0.2, 0) is 4.74 Å². The molecular formula is C29H42O4. The summed E-state index contributed by atoms with van der Waals surface area (Å²) in [6.45, 7) is 3.66. The van der Waals surface area contributed by atoms with Crippen LogP contribution in [0, 0.1) is 0 Å². The lowest BCUT2D eigenvalue weighted by atomic mass is 10.1. The van der Waals surface area contributed by atoms with Gasteiger partial charge in [0.05, 0.1) is 12.2 Å². The molecule has 0 aliphatic rings. The van der Waals surface area contributed by atoms with Gasteiger partial charge in [0.15, 0.2) is 0 Å². The number of hydrogen-bond donors (Lipinski definition) is 0. The first kappa shape index (κ1) is 26.8. The first-order valence-corrected chi connectivity index (χ1v) is 12.9. The number of benzene rings is 2. The van der Waals surface area contributed by atoms with E-state index in [4.69, 9.17) is 14.2 Å². The van der Waals surface area contributed by atoms with Gasteiger partial charge in [-0.25, -0.2) is 4.79 Å². The van der Waals surface area contributed by atoms with Gasteiger partial charge in [-0.3, -0.25) is 0 Å². The van der Waals surface area contributed by atoms with Gasteiger partial charge in [0.2, 0.25) is 0 Å². The molecule has 0 saturated carbocycles. The molecule has 0 saturated heterocycles. The second-order valence-corrected chi connectivity index (χ2v) is 8.56. The summed E-state index contributed by atoms with van der Waals surface area (Å²) in [7, 11) is 0. The van der Waals surface area contributed by atoms with Gasteiger partial charge in [-0.2, -0.15) is 0 Å². The number of hydrogen-bond acceptors (Lipinski definition) is 4. The van der Waals surface area contributed by atoms with Gasteiger partial charge in [0.25, 0.3) is 0 Å². The first-order chi connectivity index (χ1) is 16.3. The van der Waals surface area contributed by atoms with E-state index >= 15 is 0 Å². The highest BCUT2D eigenvalue weighted by Gasteiger charge is 2.07. The van der Waals surface area contributed by atoms with Crippen LogP contribution >= 0.6 is 0 Å². The highest BCUT2D eigenvalue weighted by molar-refractivity contribution is 5.89. The topological polar surface area (TPSA) is 44.8 Å². The van der Waals surface area contributed by atoms with Crippen molar-refractivity contribution in [1.82, 2.24) is 0 Å². The largest absolute Gasteiger partial charge is 0.490 e. The summed E-state index contributed by atoms with van der Waals surface area (Å²) in [6, 6.07) is 16.7. The normalized spacial score (nSPS) is 10.7. The van der Waals surface area contributed by atoms with E-state index in [2.05, 4.69) is 6.92 Å². The number of carbonyl (C=O) groups is 1. The maximum Gasteiger partial charge on any atom is 0.338 e. The van der Waals surface area contributed by atoms with Crippen LogP contribution in [0.1, 0.15) is 94.3 Å². The molecule has 2 aromatic carbocycles. The minimum Gasteiger partial charge on any atom is -0.490 e. The molecule has 0 radical (unpaired) electrons. The lowest BCUT2D eigenvalue weighted by Gasteiger charge is -2.09. The van der Waals surface area contributed by atoms with Crippen molar-refractivity contribution in [2.45, 2.75) is 84.0 Å². The minimum absolute atomic E-state index is 0.267. The molecule has 0 heterocycles. The zero-order chi connectivity index (χ0) is 23.4. The summed E-state index contributed by atoms with van der Waals surface area (Å²) in [6.07, 6.45) is 15.6. The van der Waals surface area contributed by atoms with Crippen molar-refractivity contribution in [3.05, 3.63) is 60.2 Å². The van der Waals surface area contributed by atoms with E-state index in [1.54, 1.807) is 24.3 Å². The average molecular weight is 455 g/mol. The number of esters is 1. The molecule has 4 heteroatoms. The maximum atomic E-state index is 12.2. The third-order valence-corrected chi connectivity index (χ3v) is 5.69. The molecule has 4 nitrogen and oxygen atoms in total. The second-order valence-electron chi connectivity index (χ2n) is 8.56. The van der Waals surface area contributed by atoms with Crippen LogP contribution in [0.15, 0.2) is 54.6 Å². The van der Waals surface area contributed by atoms with E-state index in [0.717, 1.165) is 18.6 Å². The molecule has 0 unspecified atom stereocenters. The van der Waals surface area contributed by atoms with Crippen LogP contribution in [-0.4, -0.2) is 25.8 Å². The van der Waals surface area contributed by atoms with E-state index in [0.29, 0.717) is 31.1 Å². The van der Waals surface area contributed by atoms with Crippen molar-refractivity contribution in [3.8, 4) is 11.5 Å². The molecule has 2 rings (SSSR count). The SMILES string of the molecule is CCCCCCCCCCCCCCOC(=O)c1ccc(OCCOc2ccccc2)cc1. The number of ether oxygens (including phenoxy) is 3. The molecule has 0 aliphatic heterocycles. The van der Waals surface area contributed by atoms with Crippen molar-refractivity contribution in [2.75, 3.05) is 19.8 Å². The maximum absolute atomic E-state index is 12.2. The second kappa shape index (κ2) is 18.0. The Kier molecular flexibility index (Phi) is 14.6. The summed E-state index contributed by atoms with van der Waals surface area (Å²) in [5, 5.41) is 0. The summed E-state index contributed by atoms with van der Waals surface area (Å²) < 4.78 is 16.7. The van der Waals surface area contributed by atoms with E-state index in [1.165, 1.54) is 64.2 Å². The minimum atomic E-state index is -0.267. The Morgan fingerprint density at radius 3 is 1.61 bits per heavy atom. The van der Waals surface area contributed by atoms with Gasteiger partial charge in [0.1, 0.15) is 24.7 Å². The molecule has 0 amide bonds. The first-order valence-electron chi connectivity index (χ1n) is 12.9. The van der Waals surface area contributed by atoms with Crippen LogP contribution < -0.4 is 9.47 Å². The Balaban J connectivity index is 1.45. The smallest absolute Gasteiger partial charge is 0.338 e. The van der Waals surface area contributed by atoms with Crippen molar-refractivity contribution in [2.24, 2.45) is 0 Å². The van der Waals surface area contributed by atoms with Crippen LogP contribution in [0.3, 0.4) is 0 Å². The van der Waals surface area contributed by atoms with Crippen LogP contribution in [0.25, 0.3) is 0 Å². The number of carbonyl (C=O) groups excluding carboxylic acids is 1. The molecule has 0 N–H and O–H groups in total. The van der Waals surface area contributed by atoms with Crippen molar-refractivity contribution >= 4 is 5.97 Å². The Bertz CT molecular complexity index is 727. The van der Waals surface area contributed by atoms with Crippen molar-refractivity contribution in [1.29, 1.82) is 0 Å². The van der Waals surface area contributed by atoms with Crippen molar-refractivity contribution in [3.63, 3.8) is 0 Å². The Morgan fingerprint density at radius 1 is 0.576 bits per heavy atom. The summed E-state index contributed by atoms with van der Waals surface area (Å²) in [5.74, 6) is 1.27. The fourth-order valence-corrected chi connectivity index (χ4v) is 3.71. The Morgan fingerprint density at radius 2 is 1.06 bits per heavy atom. The lowest BCUT2D eigenvalue weighted by Crippen LogP contribution is -2.09. The zero-order valence-electron chi connectivity index (χ0n) is 20.4. The van der Waals surface area contributed by atoms with E-state index in [1.807, 2.05) is 30.3 Å². The third-order valence-electron chi connectivity index (χ3n) is 5.69. The van der Waals surface area contributed by atoms with E-state index in [-0.39, 0.29) is 5.97 Å². The fraction of sp³-hybridized carbons (Fsp3) is 0.552. The highest BCUT2D eigenvalue weighted by Crippen LogP contribution is 2.15. The highest BCUT2D eigenvalue weighted by atomic mass is 16.5. The van der Waals surface area contributed by atoms with E-state index < -0.39 is 0 Å². The standard InChI is InChI=1S/C29H42O4/c1-2-3-4-5-6-7-8-9-10-11-12-16-23-33-29(30)26-19-21-28(22-20-26)32-25-24-31-27-17-14-13-15-18-27/h13-15,17-22H,2-12,16,23-25H2,1H3. The molecule has 0 fully saturated rings. The summed E-state index contributed by atoms with van der Waals surface area (Å²) >= 11 is 0. The van der Waals surface area contributed by atoms with Gasteiger partial charge in [-0.15, -0.1) is 0 Å². The average Bonchev–Trinajstić information content (AvgIpc) is 2.85. The van der Waals surface area contributed by atoms with E-state index in [9.17, 15) is 4.79 Å². The zero-order valence-corrected chi connectivity index (χ0v) is 20.4. The number of unbranched alkanes of at least 4 members (excludes halogenated alkanes) is 11. The van der Waals surface area contributed by atoms with Crippen LogP contribution in [0.2, 0.25) is 0 Å². The quantitative estimate of drug-likeness (QED) is 0.159.